The van der Waals surface area contributed by atoms with Crippen LogP contribution in [-0.2, 0) is 17.8 Å². The maximum Gasteiger partial charge on any atom is 0.278 e. The third kappa shape index (κ3) is 4.30. The lowest BCUT2D eigenvalue weighted by molar-refractivity contribution is -0.116. The number of para-hydroxylation sites is 1. The summed E-state index contributed by atoms with van der Waals surface area (Å²) < 4.78 is 14.4. The van der Waals surface area contributed by atoms with E-state index in [-0.39, 0.29) is 42.3 Å². The molecule has 0 aliphatic carbocycles. The number of aromatic nitrogens is 2. The van der Waals surface area contributed by atoms with Gasteiger partial charge in [-0.25, -0.2) is 9.07 Å². The summed E-state index contributed by atoms with van der Waals surface area (Å²) in [6.07, 6.45) is 0.731. The Morgan fingerprint density at radius 1 is 1.16 bits per heavy atom. The molecule has 1 aromatic heterocycles. The standard InChI is InChI=1S/C24H23FN4O3/c1-15-13-18(25)7-8-19(15)26-22(30)11-12-28-23(31)10-9-20(27-28)24(32)29-16(2)14-17-5-3-4-6-21(17)29/h3-10,13,16H,11-12,14H2,1-2H3,(H,26,30)/t16-/m1/s1. The second-order valence-electron chi connectivity index (χ2n) is 7.89. The van der Waals surface area contributed by atoms with Crippen LogP contribution in [0.5, 0.6) is 0 Å². The fourth-order valence-corrected chi connectivity index (χ4v) is 3.91. The van der Waals surface area contributed by atoms with E-state index in [4.69, 9.17) is 0 Å². The summed E-state index contributed by atoms with van der Waals surface area (Å²) in [5.74, 6) is -1.01. The van der Waals surface area contributed by atoms with Gasteiger partial charge in [0.05, 0.1) is 6.54 Å². The smallest absolute Gasteiger partial charge is 0.278 e. The maximum absolute atomic E-state index is 13.2. The normalized spacial score (nSPS) is 14.8. The van der Waals surface area contributed by atoms with Crippen LogP contribution in [0.1, 0.15) is 35.0 Å². The Labute approximate surface area is 184 Å². The van der Waals surface area contributed by atoms with Crippen LogP contribution in [0.15, 0.2) is 59.4 Å². The van der Waals surface area contributed by atoms with Crippen molar-refractivity contribution in [2.75, 3.05) is 10.2 Å². The molecule has 2 amide bonds. The molecule has 0 bridgehead atoms. The number of halogens is 1. The first-order chi connectivity index (χ1) is 15.3. The largest absolute Gasteiger partial charge is 0.326 e. The second-order valence-corrected chi connectivity index (χ2v) is 7.89. The number of aryl methyl sites for hydroxylation is 2. The summed E-state index contributed by atoms with van der Waals surface area (Å²) >= 11 is 0. The number of amides is 2. The monoisotopic (exact) mass is 434 g/mol. The first-order valence-corrected chi connectivity index (χ1v) is 10.4. The van der Waals surface area contributed by atoms with E-state index >= 15 is 0 Å². The number of anilines is 2. The van der Waals surface area contributed by atoms with Crippen molar-refractivity contribution in [2.24, 2.45) is 0 Å². The molecule has 0 radical (unpaired) electrons. The van der Waals surface area contributed by atoms with Crippen LogP contribution in [0.2, 0.25) is 0 Å². The fourth-order valence-electron chi connectivity index (χ4n) is 3.91. The molecule has 0 unspecified atom stereocenters. The van der Waals surface area contributed by atoms with Gasteiger partial charge >= 0.3 is 0 Å². The summed E-state index contributed by atoms with van der Waals surface area (Å²) in [5.41, 5.74) is 2.78. The fraction of sp³-hybridized carbons (Fsp3) is 0.250. The predicted molar refractivity (Wildman–Crippen MR) is 119 cm³/mol. The van der Waals surface area contributed by atoms with Gasteiger partial charge in [-0.05, 0) is 61.7 Å². The van der Waals surface area contributed by atoms with Crippen molar-refractivity contribution < 1.29 is 14.0 Å². The minimum Gasteiger partial charge on any atom is -0.326 e. The van der Waals surface area contributed by atoms with E-state index in [1.807, 2.05) is 31.2 Å². The SMILES string of the molecule is Cc1cc(F)ccc1NC(=O)CCn1nc(C(=O)N2c3ccccc3C[C@H]2C)ccc1=O. The van der Waals surface area contributed by atoms with Gasteiger partial charge in [0.2, 0.25) is 5.91 Å². The van der Waals surface area contributed by atoms with Gasteiger partial charge in [0.15, 0.2) is 0 Å². The summed E-state index contributed by atoms with van der Waals surface area (Å²) in [5, 5.41) is 6.92. The van der Waals surface area contributed by atoms with E-state index in [9.17, 15) is 18.8 Å². The first-order valence-electron chi connectivity index (χ1n) is 10.4. The quantitative estimate of drug-likeness (QED) is 0.668. The van der Waals surface area contributed by atoms with Crippen LogP contribution in [0.4, 0.5) is 15.8 Å². The summed E-state index contributed by atoms with van der Waals surface area (Å²) in [4.78, 5) is 39.4. The number of rotatable bonds is 5. The lowest BCUT2D eigenvalue weighted by atomic mass is 10.1. The van der Waals surface area contributed by atoms with Gasteiger partial charge in [0, 0.05) is 29.9 Å². The van der Waals surface area contributed by atoms with Gasteiger partial charge in [-0.3, -0.25) is 14.4 Å². The molecular weight excluding hydrogens is 411 g/mol. The maximum atomic E-state index is 13.2. The van der Waals surface area contributed by atoms with E-state index in [1.54, 1.807) is 11.8 Å². The van der Waals surface area contributed by atoms with Gasteiger partial charge in [0.1, 0.15) is 11.5 Å². The molecule has 0 saturated heterocycles. The van der Waals surface area contributed by atoms with E-state index in [0.717, 1.165) is 22.4 Å². The van der Waals surface area contributed by atoms with E-state index in [0.29, 0.717) is 11.3 Å². The van der Waals surface area contributed by atoms with E-state index in [2.05, 4.69) is 10.4 Å². The van der Waals surface area contributed by atoms with Crippen LogP contribution < -0.4 is 15.8 Å². The Balaban J connectivity index is 1.48. The van der Waals surface area contributed by atoms with Gasteiger partial charge in [-0.15, -0.1) is 0 Å². The predicted octanol–water partition coefficient (Wildman–Crippen LogP) is 3.31. The Morgan fingerprint density at radius 3 is 2.72 bits per heavy atom. The number of hydrogen-bond acceptors (Lipinski definition) is 4. The van der Waals surface area contributed by atoms with Gasteiger partial charge in [-0.2, -0.15) is 5.10 Å². The highest BCUT2D eigenvalue weighted by Crippen LogP contribution is 2.32. The van der Waals surface area contributed by atoms with Crippen LogP contribution in [0.25, 0.3) is 0 Å². The number of nitrogens with one attached hydrogen (secondary N) is 1. The Bertz CT molecular complexity index is 1250. The van der Waals surface area contributed by atoms with Crippen molar-refractivity contribution in [3.8, 4) is 0 Å². The van der Waals surface area contributed by atoms with Crippen LogP contribution in [0.3, 0.4) is 0 Å². The van der Waals surface area contributed by atoms with Gasteiger partial charge in [-0.1, -0.05) is 18.2 Å². The highest BCUT2D eigenvalue weighted by molar-refractivity contribution is 6.06. The summed E-state index contributed by atoms with van der Waals surface area (Å²) in [6, 6.07) is 14.5. The summed E-state index contributed by atoms with van der Waals surface area (Å²) in [7, 11) is 0. The zero-order valence-corrected chi connectivity index (χ0v) is 17.8. The third-order valence-corrected chi connectivity index (χ3v) is 5.53. The highest BCUT2D eigenvalue weighted by Gasteiger charge is 2.32. The molecule has 4 rings (SSSR count). The number of hydrogen-bond donors (Lipinski definition) is 1. The lowest BCUT2D eigenvalue weighted by Gasteiger charge is -2.22. The lowest BCUT2D eigenvalue weighted by Crippen LogP contribution is -2.37. The number of carbonyl (C=O) groups excluding carboxylic acids is 2. The molecule has 2 aromatic carbocycles. The van der Waals surface area contributed by atoms with Crippen molar-refractivity contribution in [2.45, 2.75) is 39.3 Å². The molecule has 0 spiro atoms. The van der Waals surface area contributed by atoms with Gasteiger partial charge < -0.3 is 10.2 Å². The van der Waals surface area contributed by atoms with Crippen LogP contribution in [-0.4, -0.2) is 27.6 Å². The number of nitrogens with zero attached hydrogens (tertiary/aromatic N) is 3. The Hall–Kier alpha value is -3.81. The van der Waals surface area contributed by atoms with Crippen molar-refractivity contribution in [3.63, 3.8) is 0 Å². The van der Waals surface area contributed by atoms with E-state index < -0.39 is 5.56 Å². The topological polar surface area (TPSA) is 84.3 Å². The minimum atomic E-state index is -0.401. The summed E-state index contributed by atoms with van der Waals surface area (Å²) in [6.45, 7) is 3.67. The Kier molecular flexibility index (Phi) is 5.85. The second kappa shape index (κ2) is 8.74. The molecule has 0 fully saturated rings. The van der Waals surface area contributed by atoms with Crippen LogP contribution >= 0.6 is 0 Å². The number of benzene rings is 2. The average Bonchev–Trinajstić information content (AvgIpc) is 3.10. The molecule has 1 aliphatic heterocycles. The molecule has 0 saturated carbocycles. The number of carbonyl (C=O) groups is 2. The third-order valence-electron chi connectivity index (χ3n) is 5.53. The molecule has 2 heterocycles. The van der Waals surface area contributed by atoms with Crippen molar-refractivity contribution in [1.82, 2.24) is 9.78 Å². The van der Waals surface area contributed by atoms with Gasteiger partial charge in [0.25, 0.3) is 11.5 Å². The molecule has 1 atom stereocenters. The number of fused-ring (bicyclic) bond motifs is 1. The molecule has 164 valence electrons. The highest BCUT2D eigenvalue weighted by atomic mass is 19.1. The molecule has 32 heavy (non-hydrogen) atoms. The van der Waals surface area contributed by atoms with Crippen molar-refractivity contribution >= 4 is 23.2 Å². The van der Waals surface area contributed by atoms with E-state index in [1.165, 1.54) is 30.3 Å². The first kappa shape index (κ1) is 21.4. The molecule has 7 nitrogen and oxygen atoms in total. The molecule has 8 heteroatoms. The van der Waals surface area contributed by atoms with Crippen molar-refractivity contribution in [1.29, 1.82) is 0 Å². The zero-order chi connectivity index (χ0) is 22.8. The average molecular weight is 434 g/mol. The molecular formula is C24H23FN4O3. The molecule has 1 aliphatic rings. The zero-order valence-electron chi connectivity index (χ0n) is 17.8. The van der Waals surface area contributed by atoms with Crippen LogP contribution in [0, 0.1) is 12.7 Å². The van der Waals surface area contributed by atoms with Crippen molar-refractivity contribution in [3.05, 3.63) is 87.6 Å². The molecule has 1 N–H and O–H groups in total. The molecule has 3 aromatic rings. The minimum absolute atomic E-state index is 0.0121. The Morgan fingerprint density at radius 2 is 1.94 bits per heavy atom.